The Hall–Kier alpha value is -4.80. The van der Waals surface area contributed by atoms with Crippen LogP contribution in [0.15, 0.2) is 111 Å². The molecule has 0 saturated heterocycles. The van der Waals surface area contributed by atoms with Crippen molar-refractivity contribution in [3.8, 4) is 0 Å². The minimum atomic E-state index is -2.08. The molecule has 0 spiro atoms. The number of hydrogen-bond donors (Lipinski definition) is 2. The molecule has 12 heteroatoms. The quantitative estimate of drug-likeness (QED) is 0.123. The lowest BCUT2D eigenvalue weighted by atomic mass is 9.93. The second-order valence-electron chi connectivity index (χ2n) is 11.2. The monoisotopic (exact) mass is 672 g/mol. The molecule has 0 aromatic heterocycles. The predicted molar refractivity (Wildman–Crippen MR) is 184 cm³/mol. The first-order valence-electron chi connectivity index (χ1n) is 14.7. The van der Waals surface area contributed by atoms with Gasteiger partial charge < -0.3 is 10.6 Å². The number of carbonyl (C=O) groups excluding carboxylic acids is 4. The van der Waals surface area contributed by atoms with Crippen LogP contribution in [0.1, 0.15) is 36.1 Å². The van der Waals surface area contributed by atoms with Gasteiger partial charge in [-0.05, 0) is 81.2 Å². The number of aryl methyl sites for hydroxylation is 3. The Balaban J connectivity index is 1.74. The van der Waals surface area contributed by atoms with Crippen LogP contribution >= 0.6 is 23.2 Å². The molecule has 10 nitrogen and oxygen atoms in total. The molecule has 47 heavy (non-hydrogen) atoms. The van der Waals surface area contributed by atoms with Crippen molar-refractivity contribution in [1.29, 1.82) is 0 Å². The molecule has 2 N–H and O–H groups in total. The average molecular weight is 674 g/mol. The first-order valence-corrected chi connectivity index (χ1v) is 15.4. The lowest BCUT2D eigenvalue weighted by Crippen LogP contribution is -2.43. The fourth-order valence-electron chi connectivity index (χ4n) is 4.69. The van der Waals surface area contributed by atoms with E-state index in [1.807, 2.05) is 62.4 Å². The Morgan fingerprint density at radius 1 is 0.702 bits per heavy atom. The number of alkyl halides is 2. The summed E-state index contributed by atoms with van der Waals surface area (Å²) in [7, 11) is 0. The second-order valence-corrected chi connectivity index (χ2v) is 12.6. The average Bonchev–Trinajstić information content (AvgIpc) is 3.01. The Labute approximate surface area is 283 Å². The largest absolute Gasteiger partial charge is 0.324 e. The molecular formula is C35H34Cl2N6O4. The van der Waals surface area contributed by atoms with Gasteiger partial charge in [0, 0.05) is 11.4 Å². The Morgan fingerprint density at radius 2 is 1.23 bits per heavy atom. The number of carbonyl (C=O) groups is 4. The van der Waals surface area contributed by atoms with Crippen molar-refractivity contribution < 1.29 is 19.2 Å². The van der Waals surface area contributed by atoms with E-state index in [-0.39, 0.29) is 0 Å². The maximum atomic E-state index is 13.3. The van der Waals surface area contributed by atoms with Crippen molar-refractivity contribution in [3.05, 3.63) is 113 Å². The molecule has 0 heterocycles. The molecule has 0 saturated carbocycles. The number of nitrogens with zero attached hydrogens (tertiary/aromatic N) is 4. The van der Waals surface area contributed by atoms with Gasteiger partial charge in [-0.25, -0.2) is 0 Å². The zero-order valence-electron chi connectivity index (χ0n) is 26.5. The molecule has 3 unspecified atom stereocenters. The third-order valence-electron chi connectivity index (χ3n) is 7.39. The number of ketones is 2. The van der Waals surface area contributed by atoms with Crippen LogP contribution in [0.5, 0.6) is 0 Å². The summed E-state index contributed by atoms with van der Waals surface area (Å²) in [6.45, 7) is 7.93. The number of azo groups is 2. The first-order chi connectivity index (χ1) is 22.2. The number of rotatable bonds is 11. The van der Waals surface area contributed by atoms with E-state index in [1.165, 1.54) is 26.0 Å². The summed E-state index contributed by atoms with van der Waals surface area (Å²) < 4.78 is -2.00. The van der Waals surface area contributed by atoms with Crippen LogP contribution in [0, 0.1) is 20.8 Å². The van der Waals surface area contributed by atoms with Gasteiger partial charge in [0.2, 0.25) is 17.7 Å². The van der Waals surface area contributed by atoms with Gasteiger partial charge in [-0.2, -0.15) is 20.5 Å². The van der Waals surface area contributed by atoms with E-state index in [9.17, 15) is 19.2 Å². The Morgan fingerprint density at radius 3 is 1.74 bits per heavy atom. The van der Waals surface area contributed by atoms with E-state index >= 15 is 0 Å². The summed E-state index contributed by atoms with van der Waals surface area (Å²) in [6, 6.07) is 18.5. The molecule has 0 aliphatic heterocycles. The van der Waals surface area contributed by atoms with Gasteiger partial charge in [0.15, 0.2) is 15.9 Å². The molecule has 0 bridgehead atoms. The zero-order chi connectivity index (χ0) is 34.4. The highest BCUT2D eigenvalue weighted by Crippen LogP contribution is 2.46. The number of para-hydroxylation sites is 1. The molecule has 0 radical (unpaired) electrons. The minimum absolute atomic E-state index is 0.490. The topological polar surface area (TPSA) is 142 Å². The lowest BCUT2D eigenvalue weighted by Gasteiger charge is -2.33. The van der Waals surface area contributed by atoms with E-state index in [0.717, 1.165) is 22.3 Å². The molecule has 1 aliphatic carbocycles. The number of hydrogen-bond acceptors (Lipinski definition) is 8. The van der Waals surface area contributed by atoms with Crippen LogP contribution in [-0.2, 0) is 19.2 Å². The van der Waals surface area contributed by atoms with Crippen LogP contribution in [0.4, 0.5) is 11.4 Å². The summed E-state index contributed by atoms with van der Waals surface area (Å²) in [6.07, 6.45) is 4.50. The molecule has 0 fully saturated rings. The zero-order valence-corrected chi connectivity index (χ0v) is 28.0. The van der Waals surface area contributed by atoms with E-state index in [1.54, 1.807) is 37.3 Å². The van der Waals surface area contributed by atoms with E-state index < -0.39 is 45.5 Å². The standard InChI is InChI=1S/C35H34Cl2N6O4/c1-21-15-16-29(23(3)19-21)39-33(47)31(25(5)45)41-43-35(18-17-27(20-34(35,36)37)26-12-7-6-8-13-26)42-40-30(24(4)44)32(46)38-28-14-10-9-11-22(28)2/h6-20,30-31H,1-5H3,(H,38,46)(H,39,47). The van der Waals surface area contributed by atoms with Crippen molar-refractivity contribution in [3.63, 3.8) is 0 Å². The Kier molecular flexibility index (Phi) is 11.0. The van der Waals surface area contributed by atoms with Crippen molar-refractivity contribution in [2.24, 2.45) is 20.5 Å². The highest BCUT2D eigenvalue weighted by Gasteiger charge is 2.51. The number of halogens is 2. The third kappa shape index (κ3) is 8.33. The van der Waals surface area contributed by atoms with Gasteiger partial charge in [0.05, 0.1) is 0 Å². The van der Waals surface area contributed by atoms with Crippen LogP contribution in [0.3, 0.4) is 0 Å². The van der Waals surface area contributed by atoms with Crippen molar-refractivity contribution >= 4 is 63.5 Å². The molecule has 3 aromatic rings. The molecule has 4 rings (SSSR count). The third-order valence-corrected chi connectivity index (χ3v) is 8.17. The van der Waals surface area contributed by atoms with Crippen molar-refractivity contribution in [2.45, 2.75) is 56.7 Å². The highest BCUT2D eigenvalue weighted by atomic mass is 35.5. The van der Waals surface area contributed by atoms with Gasteiger partial charge in [0.25, 0.3) is 11.8 Å². The normalized spacial score (nSPS) is 18.4. The fraction of sp³-hybridized carbons (Fsp3) is 0.257. The Bertz CT molecular complexity index is 1820. The van der Waals surface area contributed by atoms with Gasteiger partial charge >= 0.3 is 0 Å². The fourth-order valence-corrected chi connectivity index (χ4v) is 5.21. The molecule has 2 amide bonds. The van der Waals surface area contributed by atoms with Gasteiger partial charge in [-0.3, -0.25) is 19.2 Å². The highest BCUT2D eigenvalue weighted by molar-refractivity contribution is 6.51. The number of anilines is 2. The van der Waals surface area contributed by atoms with Crippen LogP contribution in [0.25, 0.3) is 5.57 Å². The van der Waals surface area contributed by atoms with Gasteiger partial charge in [0.1, 0.15) is 0 Å². The summed E-state index contributed by atoms with van der Waals surface area (Å²) in [5.41, 5.74) is 2.86. The maximum Gasteiger partial charge on any atom is 0.258 e. The summed E-state index contributed by atoms with van der Waals surface area (Å²) in [5.74, 6) is -2.71. The number of Topliss-reactive ketones (excluding diaryl/α,β-unsaturated/α-hetero) is 2. The SMILES string of the molecule is CC(=O)C(N=NC1(N=NC(C(C)=O)C(=O)Nc2ccc(C)cc2C)C=CC(c2ccccc2)=CC1(Cl)Cl)C(=O)Nc1ccccc1C. The first kappa shape index (κ1) is 35.1. The molecule has 242 valence electrons. The van der Waals surface area contributed by atoms with E-state index in [2.05, 4.69) is 31.1 Å². The number of benzene rings is 3. The maximum absolute atomic E-state index is 13.3. The smallest absolute Gasteiger partial charge is 0.258 e. The van der Waals surface area contributed by atoms with E-state index in [0.29, 0.717) is 16.9 Å². The second kappa shape index (κ2) is 14.7. The van der Waals surface area contributed by atoms with E-state index in [4.69, 9.17) is 23.2 Å². The van der Waals surface area contributed by atoms with Crippen molar-refractivity contribution in [2.75, 3.05) is 10.6 Å². The van der Waals surface area contributed by atoms with Gasteiger partial charge in [-0.1, -0.05) is 95.5 Å². The number of nitrogens with one attached hydrogen (secondary N) is 2. The van der Waals surface area contributed by atoms with Crippen LogP contribution < -0.4 is 10.6 Å². The predicted octanol–water partition coefficient (Wildman–Crippen LogP) is 7.53. The lowest BCUT2D eigenvalue weighted by molar-refractivity contribution is -0.127. The van der Waals surface area contributed by atoms with Crippen LogP contribution in [-0.4, -0.2) is 45.5 Å². The number of allylic oxidation sites excluding steroid dienone is 2. The van der Waals surface area contributed by atoms with Gasteiger partial charge in [-0.15, -0.1) is 0 Å². The van der Waals surface area contributed by atoms with Crippen molar-refractivity contribution in [1.82, 2.24) is 0 Å². The molecular weight excluding hydrogens is 639 g/mol. The summed E-state index contributed by atoms with van der Waals surface area (Å²) in [4.78, 5) is 51.8. The summed E-state index contributed by atoms with van der Waals surface area (Å²) in [5, 5.41) is 22.0. The molecule has 3 atom stereocenters. The molecule has 3 aromatic carbocycles. The van der Waals surface area contributed by atoms with Crippen LogP contribution in [0.2, 0.25) is 0 Å². The molecule has 1 aliphatic rings. The summed E-state index contributed by atoms with van der Waals surface area (Å²) >= 11 is 13.8. The minimum Gasteiger partial charge on any atom is -0.324 e. The number of amides is 2.